The number of nitrogens with one attached hydrogen (secondary N) is 1. The molecule has 0 unspecified atom stereocenters. The minimum atomic E-state index is -0.103. The number of halogens is 1. The highest BCUT2D eigenvalue weighted by Crippen LogP contribution is 2.22. The van der Waals surface area contributed by atoms with Gasteiger partial charge in [-0.2, -0.15) is 4.98 Å². The lowest BCUT2D eigenvalue weighted by atomic mass is 10.2. The Bertz CT molecular complexity index is 965. The largest absolute Gasteiger partial charge is 0.368 e. The number of anilines is 2. The molecule has 0 spiro atoms. The molecule has 2 heterocycles. The minimum absolute atomic E-state index is 0.103. The second kappa shape index (κ2) is 7.90. The molecule has 1 N–H and O–H groups in total. The maximum absolute atomic E-state index is 12.6. The molecule has 2 aromatic carbocycles. The van der Waals surface area contributed by atoms with Crippen molar-refractivity contribution >= 4 is 29.0 Å². The van der Waals surface area contributed by atoms with Crippen LogP contribution in [-0.2, 0) is 0 Å². The number of amides is 2. The van der Waals surface area contributed by atoms with Crippen LogP contribution in [0, 0.1) is 6.92 Å². The van der Waals surface area contributed by atoms with Crippen molar-refractivity contribution in [3.05, 3.63) is 59.4 Å². The second-order valence-corrected chi connectivity index (χ2v) is 7.03. The first-order valence-corrected chi connectivity index (χ1v) is 9.43. The molecule has 4 rings (SSSR count). The molecule has 0 aliphatic carbocycles. The van der Waals surface area contributed by atoms with Crippen LogP contribution in [0.25, 0.3) is 11.4 Å². The van der Waals surface area contributed by atoms with E-state index in [0.29, 0.717) is 24.8 Å². The molecule has 3 aromatic rings. The van der Waals surface area contributed by atoms with E-state index < -0.39 is 0 Å². The van der Waals surface area contributed by atoms with Gasteiger partial charge in [0.15, 0.2) is 0 Å². The number of carbonyl (C=O) groups is 1. The van der Waals surface area contributed by atoms with E-state index in [4.69, 9.17) is 16.1 Å². The van der Waals surface area contributed by atoms with Gasteiger partial charge < -0.3 is 19.6 Å². The smallest absolute Gasteiger partial charge is 0.321 e. The SMILES string of the molecule is Cc1nc(-c2ccc(NC(=O)N3CCN(c4cccc(Cl)c4)CC3)cc2)no1. The van der Waals surface area contributed by atoms with E-state index >= 15 is 0 Å². The van der Waals surface area contributed by atoms with Gasteiger partial charge in [0.1, 0.15) is 0 Å². The summed E-state index contributed by atoms with van der Waals surface area (Å²) in [5, 5.41) is 7.55. The van der Waals surface area contributed by atoms with Crippen LogP contribution in [0.2, 0.25) is 5.02 Å². The van der Waals surface area contributed by atoms with Gasteiger partial charge in [-0.15, -0.1) is 0 Å². The molecule has 1 aliphatic heterocycles. The highest BCUT2D eigenvalue weighted by Gasteiger charge is 2.21. The van der Waals surface area contributed by atoms with Crippen molar-refractivity contribution < 1.29 is 9.32 Å². The Morgan fingerprint density at radius 1 is 1.11 bits per heavy atom. The zero-order chi connectivity index (χ0) is 19.5. The number of hydrogen-bond donors (Lipinski definition) is 1. The van der Waals surface area contributed by atoms with Crippen molar-refractivity contribution in [2.24, 2.45) is 0 Å². The molecule has 1 saturated heterocycles. The molecule has 144 valence electrons. The first-order chi connectivity index (χ1) is 13.6. The average Bonchev–Trinajstić information content (AvgIpc) is 3.15. The molecule has 8 heteroatoms. The summed E-state index contributed by atoms with van der Waals surface area (Å²) in [4.78, 5) is 20.8. The van der Waals surface area contributed by atoms with E-state index in [1.165, 1.54) is 0 Å². The van der Waals surface area contributed by atoms with Crippen molar-refractivity contribution in [3.8, 4) is 11.4 Å². The number of aromatic nitrogens is 2. The summed E-state index contributed by atoms with van der Waals surface area (Å²) in [5.74, 6) is 1.05. The first kappa shape index (κ1) is 18.3. The summed E-state index contributed by atoms with van der Waals surface area (Å²) in [6, 6.07) is 15.1. The van der Waals surface area contributed by atoms with Crippen LogP contribution < -0.4 is 10.2 Å². The number of aryl methyl sites for hydroxylation is 1. The summed E-state index contributed by atoms with van der Waals surface area (Å²) in [6.45, 7) is 4.59. The van der Waals surface area contributed by atoms with Gasteiger partial charge in [0.25, 0.3) is 0 Å². The Morgan fingerprint density at radius 2 is 1.86 bits per heavy atom. The molecule has 0 radical (unpaired) electrons. The van der Waals surface area contributed by atoms with Crippen LogP contribution >= 0.6 is 11.6 Å². The lowest BCUT2D eigenvalue weighted by Gasteiger charge is -2.36. The Labute approximate surface area is 167 Å². The number of carbonyl (C=O) groups excluding carboxylic acids is 1. The van der Waals surface area contributed by atoms with Crippen molar-refractivity contribution in [1.82, 2.24) is 15.0 Å². The molecule has 2 amide bonds. The highest BCUT2D eigenvalue weighted by atomic mass is 35.5. The van der Waals surface area contributed by atoms with Crippen molar-refractivity contribution in [2.45, 2.75) is 6.92 Å². The van der Waals surface area contributed by atoms with Crippen molar-refractivity contribution in [2.75, 3.05) is 36.4 Å². The van der Waals surface area contributed by atoms with Crippen LogP contribution in [0.3, 0.4) is 0 Å². The summed E-state index contributed by atoms with van der Waals surface area (Å²) in [6.07, 6.45) is 0. The maximum atomic E-state index is 12.6. The van der Waals surface area contributed by atoms with E-state index in [9.17, 15) is 4.79 Å². The average molecular weight is 398 g/mol. The summed E-state index contributed by atoms with van der Waals surface area (Å²) in [5.41, 5.74) is 2.65. The van der Waals surface area contributed by atoms with Gasteiger partial charge in [-0.25, -0.2) is 4.79 Å². The lowest BCUT2D eigenvalue weighted by molar-refractivity contribution is 0.208. The number of urea groups is 1. The predicted molar refractivity (Wildman–Crippen MR) is 109 cm³/mol. The van der Waals surface area contributed by atoms with E-state index in [-0.39, 0.29) is 6.03 Å². The Hall–Kier alpha value is -3.06. The maximum Gasteiger partial charge on any atom is 0.321 e. The molecule has 0 saturated carbocycles. The van der Waals surface area contributed by atoms with Crippen molar-refractivity contribution in [3.63, 3.8) is 0 Å². The molecule has 28 heavy (non-hydrogen) atoms. The molecular formula is C20H20ClN5O2. The Morgan fingerprint density at radius 3 is 2.50 bits per heavy atom. The van der Waals surface area contributed by atoms with Crippen LogP contribution in [0.5, 0.6) is 0 Å². The van der Waals surface area contributed by atoms with E-state index in [1.807, 2.05) is 53.4 Å². The zero-order valence-corrected chi connectivity index (χ0v) is 16.2. The minimum Gasteiger partial charge on any atom is -0.368 e. The van der Waals surface area contributed by atoms with Gasteiger partial charge in [-0.1, -0.05) is 22.8 Å². The molecular weight excluding hydrogens is 378 g/mol. The number of piperazine rings is 1. The second-order valence-electron chi connectivity index (χ2n) is 6.60. The van der Waals surface area contributed by atoms with Gasteiger partial charge in [0.2, 0.25) is 11.7 Å². The molecule has 1 aliphatic rings. The highest BCUT2D eigenvalue weighted by molar-refractivity contribution is 6.30. The number of rotatable bonds is 3. The predicted octanol–water partition coefficient (Wildman–Crippen LogP) is 4.05. The Kier molecular flexibility index (Phi) is 5.16. The molecule has 0 atom stereocenters. The van der Waals surface area contributed by atoms with Gasteiger partial charge in [-0.3, -0.25) is 0 Å². The standard InChI is InChI=1S/C20H20ClN5O2/c1-14-22-19(24-28-14)15-5-7-17(8-6-15)23-20(27)26-11-9-25(10-12-26)18-4-2-3-16(21)13-18/h2-8,13H,9-12H2,1H3,(H,23,27). The first-order valence-electron chi connectivity index (χ1n) is 9.06. The topological polar surface area (TPSA) is 74.5 Å². The summed E-state index contributed by atoms with van der Waals surface area (Å²) in [7, 11) is 0. The fraction of sp³-hybridized carbons (Fsp3) is 0.250. The van der Waals surface area contributed by atoms with E-state index in [2.05, 4.69) is 20.4 Å². The molecule has 1 fully saturated rings. The fourth-order valence-corrected chi connectivity index (χ4v) is 3.35. The van der Waals surface area contributed by atoms with Crippen LogP contribution in [0.4, 0.5) is 16.2 Å². The molecule has 1 aromatic heterocycles. The third-order valence-corrected chi connectivity index (χ3v) is 4.90. The van der Waals surface area contributed by atoms with Crippen molar-refractivity contribution in [1.29, 1.82) is 0 Å². The van der Waals surface area contributed by atoms with Gasteiger partial charge >= 0.3 is 6.03 Å². The normalized spacial score (nSPS) is 14.2. The van der Waals surface area contributed by atoms with E-state index in [0.717, 1.165) is 35.1 Å². The monoisotopic (exact) mass is 397 g/mol. The quantitative estimate of drug-likeness (QED) is 0.721. The summed E-state index contributed by atoms with van der Waals surface area (Å²) < 4.78 is 4.99. The third-order valence-electron chi connectivity index (χ3n) is 4.66. The van der Waals surface area contributed by atoms with Gasteiger partial charge in [0, 0.05) is 55.1 Å². The van der Waals surface area contributed by atoms with Crippen LogP contribution in [0.1, 0.15) is 5.89 Å². The van der Waals surface area contributed by atoms with E-state index in [1.54, 1.807) is 6.92 Å². The molecule has 0 bridgehead atoms. The number of hydrogen-bond acceptors (Lipinski definition) is 5. The zero-order valence-electron chi connectivity index (χ0n) is 15.4. The van der Waals surface area contributed by atoms with Gasteiger partial charge in [-0.05, 0) is 42.5 Å². The number of benzene rings is 2. The van der Waals surface area contributed by atoms with Gasteiger partial charge in [0.05, 0.1) is 0 Å². The van der Waals surface area contributed by atoms with Crippen LogP contribution in [0.15, 0.2) is 53.1 Å². The number of nitrogens with zero attached hydrogens (tertiary/aromatic N) is 4. The fourth-order valence-electron chi connectivity index (χ4n) is 3.16. The molecule has 7 nitrogen and oxygen atoms in total. The van der Waals surface area contributed by atoms with Crippen LogP contribution in [-0.4, -0.2) is 47.3 Å². The third kappa shape index (κ3) is 4.09. The Balaban J connectivity index is 1.33. The lowest BCUT2D eigenvalue weighted by Crippen LogP contribution is -2.50. The summed E-state index contributed by atoms with van der Waals surface area (Å²) >= 11 is 6.07.